The molecule has 0 radical (unpaired) electrons. The van der Waals surface area contributed by atoms with Gasteiger partial charge in [0, 0.05) is 43.4 Å². The Hall–Kier alpha value is -2.19. The maximum Gasteiger partial charge on any atom is 0.416 e. The number of amides is 2. The SMILES string of the molecule is O=C(NCc1cccc(C(F)(F)F)c1)Nc1ccccc1CN1CCSCC1. The summed E-state index contributed by atoms with van der Waals surface area (Å²) in [6.45, 7) is 2.80. The maximum atomic E-state index is 12.8. The molecule has 2 aromatic carbocycles. The lowest BCUT2D eigenvalue weighted by Gasteiger charge is -2.27. The molecule has 0 aromatic heterocycles. The maximum absolute atomic E-state index is 12.8. The summed E-state index contributed by atoms with van der Waals surface area (Å²) in [4.78, 5) is 14.6. The molecular weight excluding hydrogens is 387 g/mol. The Balaban J connectivity index is 1.58. The third-order valence-electron chi connectivity index (χ3n) is 4.47. The van der Waals surface area contributed by atoms with E-state index in [2.05, 4.69) is 15.5 Å². The molecule has 0 unspecified atom stereocenters. The standard InChI is InChI=1S/C20H22F3N3OS/c21-20(22,23)17-6-3-4-15(12-17)13-24-19(27)25-18-7-2-1-5-16(18)14-26-8-10-28-11-9-26/h1-7,12H,8-11,13-14H2,(H2,24,25,27). The fourth-order valence-corrected chi connectivity index (χ4v) is 3.97. The Morgan fingerprint density at radius 2 is 1.82 bits per heavy atom. The first-order valence-electron chi connectivity index (χ1n) is 9.01. The molecule has 1 fully saturated rings. The van der Waals surface area contributed by atoms with Crippen molar-refractivity contribution in [3.63, 3.8) is 0 Å². The van der Waals surface area contributed by atoms with Gasteiger partial charge in [-0.05, 0) is 29.3 Å². The van der Waals surface area contributed by atoms with Crippen LogP contribution in [0.1, 0.15) is 16.7 Å². The highest BCUT2D eigenvalue weighted by Crippen LogP contribution is 2.29. The van der Waals surface area contributed by atoms with Crippen molar-refractivity contribution in [1.82, 2.24) is 10.2 Å². The number of nitrogens with zero attached hydrogens (tertiary/aromatic N) is 1. The van der Waals surface area contributed by atoms with Gasteiger partial charge >= 0.3 is 12.2 Å². The molecule has 0 spiro atoms. The van der Waals surface area contributed by atoms with Crippen molar-refractivity contribution in [3.05, 3.63) is 65.2 Å². The molecule has 1 heterocycles. The number of para-hydroxylation sites is 1. The highest BCUT2D eigenvalue weighted by molar-refractivity contribution is 7.99. The van der Waals surface area contributed by atoms with E-state index in [0.29, 0.717) is 11.3 Å². The van der Waals surface area contributed by atoms with Crippen LogP contribution in [0.3, 0.4) is 0 Å². The molecule has 0 bridgehead atoms. The summed E-state index contributed by atoms with van der Waals surface area (Å²) < 4.78 is 38.4. The van der Waals surface area contributed by atoms with Gasteiger partial charge in [-0.3, -0.25) is 4.90 Å². The average molecular weight is 409 g/mol. The van der Waals surface area contributed by atoms with Crippen LogP contribution in [0.5, 0.6) is 0 Å². The van der Waals surface area contributed by atoms with Gasteiger partial charge in [-0.25, -0.2) is 4.79 Å². The quantitative estimate of drug-likeness (QED) is 0.760. The van der Waals surface area contributed by atoms with Crippen LogP contribution in [0.25, 0.3) is 0 Å². The number of benzene rings is 2. The van der Waals surface area contributed by atoms with Crippen molar-refractivity contribution in [1.29, 1.82) is 0 Å². The number of urea groups is 1. The van der Waals surface area contributed by atoms with E-state index in [-0.39, 0.29) is 6.54 Å². The number of carbonyl (C=O) groups is 1. The van der Waals surface area contributed by atoms with E-state index >= 15 is 0 Å². The first-order chi connectivity index (χ1) is 13.4. The van der Waals surface area contributed by atoms with Gasteiger partial charge in [-0.2, -0.15) is 24.9 Å². The summed E-state index contributed by atoms with van der Waals surface area (Å²) in [5.74, 6) is 2.21. The molecule has 3 rings (SSSR count). The van der Waals surface area contributed by atoms with Gasteiger partial charge in [0.2, 0.25) is 0 Å². The van der Waals surface area contributed by atoms with Gasteiger partial charge in [-0.15, -0.1) is 0 Å². The van der Waals surface area contributed by atoms with Crippen LogP contribution in [0, 0.1) is 0 Å². The third-order valence-corrected chi connectivity index (χ3v) is 5.41. The molecule has 1 saturated heterocycles. The monoisotopic (exact) mass is 409 g/mol. The molecule has 2 aromatic rings. The van der Waals surface area contributed by atoms with Gasteiger partial charge in [0.15, 0.2) is 0 Å². The summed E-state index contributed by atoms with van der Waals surface area (Å²) >= 11 is 1.94. The fourth-order valence-electron chi connectivity index (χ4n) is 2.99. The second-order valence-corrected chi connectivity index (χ2v) is 7.78. The molecule has 1 aliphatic heterocycles. The largest absolute Gasteiger partial charge is 0.416 e. The van der Waals surface area contributed by atoms with Gasteiger partial charge in [0.05, 0.1) is 5.56 Å². The Bertz CT molecular complexity index is 807. The van der Waals surface area contributed by atoms with Crippen molar-refractivity contribution < 1.29 is 18.0 Å². The summed E-state index contributed by atoms with van der Waals surface area (Å²) in [5.41, 5.74) is 1.40. The molecule has 150 valence electrons. The number of hydrogen-bond donors (Lipinski definition) is 2. The van der Waals surface area contributed by atoms with Crippen molar-refractivity contribution >= 4 is 23.5 Å². The van der Waals surface area contributed by atoms with E-state index in [1.165, 1.54) is 6.07 Å². The number of anilines is 1. The van der Waals surface area contributed by atoms with Crippen LogP contribution in [-0.2, 0) is 19.3 Å². The van der Waals surface area contributed by atoms with Crippen molar-refractivity contribution in [2.24, 2.45) is 0 Å². The lowest BCUT2D eigenvalue weighted by molar-refractivity contribution is -0.137. The number of alkyl halides is 3. The van der Waals surface area contributed by atoms with Crippen LogP contribution >= 0.6 is 11.8 Å². The number of carbonyl (C=O) groups excluding carboxylic acids is 1. The topological polar surface area (TPSA) is 44.4 Å². The van der Waals surface area contributed by atoms with Crippen LogP contribution in [-0.4, -0.2) is 35.5 Å². The molecule has 0 aliphatic carbocycles. The molecule has 28 heavy (non-hydrogen) atoms. The number of halogens is 3. The van der Waals surface area contributed by atoms with Gasteiger partial charge in [0.1, 0.15) is 0 Å². The zero-order valence-corrected chi connectivity index (χ0v) is 16.1. The summed E-state index contributed by atoms with van der Waals surface area (Å²) in [5, 5.41) is 5.43. The Labute approximate surface area is 166 Å². The van der Waals surface area contributed by atoms with E-state index in [1.54, 1.807) is 6.07 Å². The molecule has 2 amide bonds. The smallest absolute Gasteiger partial charge is 0.334 e. The van der Waals surface area contributed by atoms with Crippen LogP contribution < -0.4 is 10.6 Å². The predicted octanol–water partition coefficient (Wildman–Crippen LogP) is 4.58. The van der Waals surface area contributed by atoms with Crippen molar-refractivity contribution in [2.75, 3.05) is 29.9 Å². The van der Waals surface area contributed by atoms with Crippen molar-refractivity contribution in [3.8, 4) is 0 Å². The van der Waals surface area contributed by atoms with E-state index in [4.69, 9.17) is 0 Å². The van der Waals surface area contributed by atoms with Gasteiger partial charge < -0.3 is 10.6 Å². The lowest BCUT2D eigenvalue weighted by atomic mass is 10.1. The number of rotatable bonds is 5. The molecular formula is C20H22F3N3OS. The number of thioether (sulfide) groups is 1. The molecule has 2 N–H and O–H groups in total. The zero-order valence-electron chi connectivity index (χ0n) is 15.3. The van der Waals surface area contributed by atoms with Crippen LogP contribution in [0.2, 0.25) is 0 Å². The van der Waals surface area contributed by atoms with Crippen molar-refractivity contribution in [2.45, 2.75) is 19.3 Å². The highest BCUT2D eigenvalue weighted by Gasteiger charge is 2.30. The van der Waals surface area contributed by atoms with E-state index in [1.807, 2.05) is 36.0 Å². The number of hydrogen-bond acceptors (Lipinski definition) is 3. The first kappa shape index (κ1) is 20.5. The van der Waals surface area contributed by atoms with E-state index in [9.17, 15) is 18.0 Å². The Kier molecular flexibility index (Phi) is 6.85. The molecule has 0 atom stereocenters. The molecule has 4 nitrogen and oxygen atoms in total. The summed E-state index contributed by atoms with van der Waals surface area (Å²) in [6, 6.07) is 12.1. The highest BCUT2D eigenvalue weighted by atomic mass is 32.2. The second-order valence-electron chi connectivity index (χ2n) is 6.55. The number of nitrogens with one attached hydrogen (secondary N) is 2. The second kappa shape index (κ2) is 9.34. The Morgan fingerprint density at radius 1 is 1.07 bits per heavy atom. The zero-order chi connectivity index (χ0) is 20.0. The predicted molar refractivity (Wildman–Crippen MR) is 106 cm³/mol. The fraction of sp³-hybridized carbons (Fsp3) is 0.350. The molecule has 8 heteroatoms. The van der Waals surface area contributed by atoms with Crippen LogP contribution in [0.4, 0.5) is 23.7 Å². The summed E-state index contributed by atoms with van der Waals surface area (Å²) in [6.07, 6.45) is -4.40. The van der Waals surface area contributed by atoms with Crippen LogP contribution in [0.15, 0.2) is 48.5 Å². The molecule has 0 saturated carbocycles. The first-order valence-corrected chi connectivity index (χ1v) is 10.2. The minimum absolute atomic E-state index is 0.0151. The minimum Gasteiger partial charge on any atom is -0.334 e. The van der Waals surface area contributed by atoms with E-state index in [0.717, 1.165) is 48.8 Å². The normalized spacial score (nSPS) is 15.2. The van der Waals surface area contributed by atoms with Gasteiger partial charge in [0.25, 0.3) is 0 Å². The third kappa shape index (κ3) is 5.90. The molecule has 1 aliphatic rings. The lowest BCUT2D eigenvalue weighted by Crippen LogP contribution is -2.33. The summed E-state index contributed by atoms with van der Waals surface area (Å²) in [7, 11) is 0. The van der Waals surface area contributed by atoms with Gasteiger partial charge in [-0.1, -0.05) is 30.3 Å². The van der Waals surface area contributed by atoms with E-state index < -0.39 is 17.8 Å². The Morgan fingerprint density at radius 3 is 2.57 bits per heavy atom. The minimum atomic E-state index is -4.40. The average Bonchev–Trinajstić information content (AvgIpc) is 2.68.